The van der Waals surface area contributed by atoms with Crippen LogP contribution in [0.3, 0.4) is 0 Å². The van der Waals surface area contributed by atoms with Crippen LogP contribution in [-0.2, 0) is 4.79 Å². The average molecular weight is 357 g/mol. The van der Waals surface area contributed by atoms with Gasteiger partial charge in [0, 0.05) is 19.5 Å². The van der Waals surface area contributed by atoms with Gasteiger partial charge < -0.3 is 14.7 Å². The molecule has 0 saturated carbocycles. The number of para-hydroxylation sites is 1. The van der Waals surface area contributed by atoms with Crippen LogP contribution in [0.1, 0.15) is 36.2 Å². The summed E-state index contributed by atoms with van der Waals surface area (Å²) in [6.07, 6.45) is 4.26. The fraction of sp³-hybridized carbons (Fsp3) is 0.421. The average Bonchev–Trinajstić information content (AvgIpc) is 3.11. The van der Waals surface area contributed by atoms with Gasteiger partial charge in [-0.15, -0.1) is 0 Å². The van der Waals surface area contributed by atoms with Gasteiger partial charge in [-0.1, -0.05) is 18.2 Å². The van der Waals surface area contributed by atoms with Crippen molar-refractivity contribution in [1.29, 1.82) is 0 Å². The third kappa shape index (κ3) is 4.04. The van der Waals surface area contributed by atoms with Gasteiger partial charge in [-0.2, -0.15) is 5.10 Å². The monoisotopic (exact) mass is 357 g/mol. The minimum absolute atomic E-state index is 0.138. The molecule has 1 N–H and O–H groups in total. The quantitative estimate of drug-likeness (QED) is 0.859. The van der Waals surface area contributed by atoms with Crippen molar-refractivity contribution in [2.24, 2.45) is 5.92 Å². The van der Waals surface area contributed by atoms with E-state index in [-0.39, 0.29) is 23.9 Å². The third-order valence-electron chi connectivity index (χ3n) is 4.70. The molecule has 1 fully saturated rings. The number of amides is 1. The highest BCUT2D eigenvalue weighted by molar-refractivity contribution is 5.95. The number of hydrogen-bond acceptors (Lipinski definition) is 4. The molecule has 1 aromatic heterocycles. The largest absolute Gasteiger partial charge is 0.493 e. The van der Waals surface area contributed by atoms with Crippen molar-refractivity contribution in [3.8, 4) is 11.4 Å². The van der Waals surface area contributed by atoms with Crippen LogP contribution in [0.5, 0.6) is 5.75 Å². The van der Waals surface area contributed by atoms with E-state index in [0.29, 0.717) is 25.3 Å². The Morgan fingerprint density at radius 1 is 1.31 bits per heavy atom. The highest BCUT2D eigenvalue weighted by atomic mass is 16.5. The zero-order chi connectivity index (χ0) is 18.5. The van der Waals surface area contributed by atoms with Gasteiger partial charge >= 0.3 is 5.97 Å². The predicted molar refractivity (Wildman–Crippen MR) is 95.6 cm³/mol. The smallest absolute Gasteiger partial charge is 0.303 e. The number of ether oxygens (including phenoxy) is 1. The Morgan fingerprint density at radius 3 is 2.77 bits per heavy atom. The molecule has 26 heavy (non-hydrogen) atoms. The molecular weight excluding hydrogens is 334 g/mol. The Morgan fingerprint density at radius 2 is 2.08 bits per heavy atom. The Kier molecular flexibility index (Phi) is 5.55. The standard InChI is InChI=1S/C19H23N3O4/c1-26-16-13-22(15-7-3-2-4-8-15)20-18(16)19(25)21-11-5-6-14(12-21)9-10-17(23)24/h2-4,7-8,13-14H,5-6,9-12H2,1H3,(H,23,24). The molecule has 3 rings (SSSR count). The lowest BCUT2D eigenvalue weighted by Gasteiger charge is -2.32. The Bertz CT molecular complexity index is 772. The fourth-order valence-corrected chi connectivity index (χ4v) is 3.33. The molecule has 1 amide bonds. The number of carbonyl (C=O) groups excluding carboxylic acids is 1. The van der Waals surface area contributed by atoms with Gasteiger partial charge in [0.2, 0.25) is 0 Å². The third-order valence-corrected chi connectivity index (χ3v) is 4.70. The summed E-state index contributed by atoms with van der Waals surface area (Å²) in [5.74, 6) is -0.314. The van der Waals surface area contributed by atoms with Crippen LogP contribution in [-0.4, -0.2) is 51.9 Å². The van der Waals surface area contributed by atoms with Crippen LogP contribution in [0.2, 0.25) is 0 Å². The first-order chi connectivity index (χ1) is 12.6. The predicted octanol–water partition coefficient (Wildman–Crippen LogP) is 2.60. The molecule has 2 heterocycles. The summed E-state index contributed by atoms with van der Waals surface area (Å²) in [6.45, 7) is 1.22. The molecule has 1 atom stereocenters. The highest BCUT2D eigenvalue weighted by Crippen LogP contribution is 2.26. The van der Waals surface area contributed by atoms with E-state index in [9.17, 15) is 9.59 Å². The van der Waals surface area contributed by atoms with E-state index < -0.39 is 5.97 Å². The Labute approximate surface area is 152 Å². The molecular formula is C19H23N3O4. The summed E-state index contributed by atoms with van der Waals surface area (Å²) in [6, 6.07) is 9.54. The van der Waals surface area contributed by atoms with Crippen molar-refractivity contribution in [3.05, 3.63) is 42.2 Å². The van der Waals surface area contributed by atoms with E-state index in [2.05, 4.69) is 5.10 Å². The first kappa shape index (κ1) is 18.0. The first-order valence-corrected chi connectivity index (χ1v) is 8.78. The van der Waals surface area contributed by atoms with Crippen LogP contribution >= 0.6 is 0 Å². The molecule has 2 aromatic rings. The van der Waals surface area contributed by atoms with E-state index in [4.69, 9.17) is 9.84 Å². The van der Waals surface area contributed by atoms with Crippen LogP contribution in [0.15, 0.2) is 36.5 Å². The normalized spacial score (nSPS) is 17.1. The molecule has 1 saturated heterocycles. The zero-order valence-corrected chi connectivity index (χ0v) is 14.8. The minimum atomic E-state index is -0.795. The number of likely N-dealkylation sites (tertiary alicyclic amines) is 1. The van der Waals surface area contributed by atoms with Gasteiger partial charge in [-0.05, 0) is 37.3 Å². The summed E-state index contributed by atoms with van der Waals surface area (Å²) >= 11 is 0. The van der Waals surface area contributed by atoms with Crippen molar-refractivity contribution in [3.63, 3.8) is 0 Å². The van der Waals surface area contributed by atoms with Crippen molar-refractivity contribution in [2.75, 3.05) is 20.2 Å². The van der Waals surface area contributed by atoms with Gasteiger partial charge in [0.05, 0.1) is 19.0 Å². The van der Waals surface area contributed by atoms with E-state index in [0.717, 1.165) is 18.5 Å². The summed E-state index contributed by atoms with van der Waals surface area (Å²) in [5, 5.41) is 13.3. The van der Waals surface area contributed by atoms with Crippen molar-refractivity contribution in [1.82, 2.24) is 14.7 Å². The molecule has 1 aliphatic rings. The number of nitrogens with zero attached hydrogens (tertiary/aromatic N) is 3. The maximum absolute atomic E-state index is 13.0. The molecule has 7 nitrogen and oxygen atoms in total. The molecule has 0 radical (unpaired) electrons. The SMILES string of the molecule is COc1cn(-c2ccccc2)nc1C(=O)N1CCCC(CCC(=O)O)C1. The lowest BCUT2D eigenvalue weighted by molar-refractivity contribution is -0.137. The first-order valence-electron chi connectivity index (χ1n) is 8.78. The zero-order valence-electron chi connectivity index (χ0n) is 14.8. The van der Waals surface area contributed by atoms with Gasteiger partial charge in [-0.25, -0.2) is 4.68 Å². The van der Waals surface area contributed by atoms with Crippen molar-refractivity contribution >= 4 is 11.9 Å². The summed E-state index contributed by atoms with van der Waals surface area (Å²) in [5.41, 5.74) is 1.14. The topological polar surface area (TPSA) is 84.7 Å². The van der Waals surface area contributed by atoms with Gasteiger partial charge in [0.25, 0.3) is 5.91 Å². The van der Waals surface area contributed by atoms with Crippen LogP contribution < -0.4 is 4.74 Å². The summed E-state index contributed by atoms with van der Waals surface area (Å²) in [4.78, 5) is 25.5. The maximum Gasteiger partial charge on any atom is 0.303 e. The second-order valence-electron chi connectivity index (χ2n) is 6.52. The fourth-order valence-electron chi connectivity index (χ4n) is 3.33. The number of carboxylic acids is 1. The molecule has 0 spiro atoms. The number of rotatable bonds is 6. The number of carbonyl (C=O) groups is 2. The van der Waals surface area contributed by atoms with Gasteiger partial charge in [0.1, 0.15) is 0 Å². The van der Waals surface area contributed by atoms with Crippen molar-refractivity contribution < 1.29 is 19.4 Å². The number of hydrogen-bond donors (Lipinski definition) is 1. The number of methoxy groups -OCH3 is 1. The van der Waals surface area contributed by atoms with E-state index in [1.807, 2.05) is 30.3 Å². The molecule has 7 heteroatoms. The number of aliphatic carboxylic acids is 1. The molecule has 138 valence electrons. The minimum Gasteiger partial charge on any atom is -0.493 e. The van der Waals surface area contributed by atoms with E-state index in [1.165, 1.54) is 7.11 Å². The molecule has 1 aliphatic heterocycles. The van der Waals surface area contributed by atoms with Gasteiger partial charge in [-0.3, -0.25) is 9.59 Å². The number of piperidine rings is 1. The maximum atomic E-state index is 13.0. The molecule has 0 aliphatic carbocycles. The summed E-state index contributed by atoms with van der Waals surface area (Å²) < 4.78 is 6.99. The lowest BCUT2D eigenvalue weighted by atomic mass is 9.93. The second kappa shape index (κ2) is 8.03. The second-order valence-corrected chi connectivity index (χ2v) is 6.52. The number of aromatic nitrogens is 2. The van der Waals surface area contributed by atoms with E-state index in [1.54, 1.807) is 15.8 Å². The van der Waals surface area contributed by atoms with E-state index >= 15 is 0 Å². The Balaban J connectivity index is 1.76. The Hall–Kier alpha value is -2.83. The summed E-state index contributed by atoms with van der Waals surface area (Å²) in [7, 11) is 1.52. The number of carboxylic acid groups (broad SMARTS) is 1. The van der Waals surface area contributed by atoms with Crippen LogP contribution in [0.4, 0.5) is 0 Å². The van der Waals surface area contributed by atoms with Crippen molar-refractivity contribution in [2.45, 2.75) is 25.7 Å². The lowest BCUT2D eigenvalue weighted by Crippen LogP contribution is -2.40. The highest BCUT2D eigenvalue weighted by Gasteiger charge is 2.28. The van der Waals surface area contributed by atoms with Gasteiger partial charge in [0.15, 0.2) is 11.4 Å². The van der Waals surface area contributed by atoms with Crippen LogP contribution in [0.25, 0.3) is 5.69 Å². The molecule has 1 unspecified atom stereocenters. The molecule has 1 aromatic carbocycles. The number of benzene rings is 1. The molecule has 0 bridgehead atoms. The van der Waals surface area contributed by atoms with Crippen LogP contribution in [0, 0.1) is 5.92 Å².